The third-order valence-corrected chi connectivity index (χ3v) is 3.60. The van der Waals surface area contributed by atoms with Crippen LogP contribution in [0.3, 0.4) is 0 Å². The molecule has 2 N–H and O–H groups in total. The van der Waals surface area contributed by atoms with E-state index in [0.29, 0.717) is 5.33 Å². The Hall–Kier alpha value is -2.01. The second-order valence-corrected chi connectivity index (χ2v) is 5.15. The van der Waals surface area contributed by atoms with Crippen molar-refractivity contribution in [2.75, 3.05) is 5.33 Å². The van der Waals surface area contributed by atoms with Crippen LogP contribution in [0.2, 0.25) is 0 Å². The lowest BCUT2D eigenvalue weighted by molar-refractivity contribution is 0.136. The maximum atomic E-state index is 11.8. The number of carbonyl (C=O) groups excluding carboxylic acids is 1. The van der Waals surface area contributed by atoms with E-state index in [0.717, 1.165) is 11.1 Å². The van der Waals surface area contributed by atoms with Crippen molar-refractivity contribution in [3.8, 4) is 5.75 Å². The summed E-state index contributed by atoms with van der Waals surface area (Å²) in [6.45, 7) is 0.233. The van der Waals surface area contributed by atoms with Gasteiger partial charge in [-0.1, -0.05) is 58.4 Å². The van der Waals surface area contributed by atoms with Crippen LogP contribution in [0.5, 0.6) is 5.75 Å². The average Bonchev–Trinajstić information content (AvgIpc) is 2.52. The van der Waals surface area contributed by atoms with Gasteiger partial charge >= 0.3 is 6.09 Å². The molecule has 4 nitrogen and oxygen atoms in total. The van der Waals surface area contributed by atoms with Gasteiger partial charge in [0.2, 0.25) is 0 Å². The predicted molar refractivity (Wildman–Crippen MR) is 84.4 cm³/mol. The third kappa shape index (κ3) is 4.79. The standard InChI is InChI=1S/C16H16BrNO3/c17-10-15(13-6-8-14(19)9-7-13)18-16(20)21-11-12-4-2-1-3-5-12/h1-9,15,19H,10-11H2,(H,18,20). The van der Waals surface area contributed by atoms with Gasteiger partial charge in [0, 0.05) is 5.33 Å². The lowest BCUT2D eigenvalue weighted by atomic mass is 10.1. The largest absolute Gasteiger partial charge is 0.508 e. The monoisotopic (exact) mass is 349 g/mol. The zero-order valence-electron chi connectivity index (χ0n) is 11.3. The van der Waals surface area contributed by atoms with Crippen LogP contribution in [0.1, 0.15) is 17.2 Å². The molecule has 0 radical (unpaired) electrons. The Morgan fingerprint density at radius 3 is 2.43 bits per heavy atom. The fraction of sp³-hybridized carbons (Fsp3) is 0.188. The number of ether oxygens (including phenoxy) is 1. The summed E-state index contributed by atoms with van der Waals surface area (Å²) < 4.78 is 5.19. The number of alkyl carbamates (subject to hydrolysis) is 1. The number of nitrogens with one attached hydrogen (secondary N) is 1. The Morgan fingerprint density at radius 2 is 1.81 bits per heavy atom. The number of hydrogen-bond acceptors (Lipinski definition) is 3. The van der Waals surface area contributed by atoms with Crippen LogP contribution in [0.15, 0.2) is 54.6 Å². The van der Waals surface area contributed by atoms with Gasteiger partial charge in [0.05, 0.1) is 6.04 Å². The molecule has 0 fully saturated rings. The number of hydrogen-bond donors (Lipinski definition) is 2. The summed E-state index contributed by atoms with van der Waals surface area (Å²) in [6.07, 6.45) is -0.476. The number of benzene rings is 2. The molecule has 0 heterocycles. The number of amides is 1. The zero-order valence-corrected chi connectivity index (χ0v) is 12.9. The van der Waals surface area contributed by atoms with E-state index < -0.39 is 6.09 Å². The fourth-order valence-corrected chi connectivity index (χ4v) is 2.36. The summed E-state index contributed by atoms with van der Waals surface area (Å²) in [5.74, 6) is 0.193. The van der Waals surface area contributed by atoms with E-state index in [4.69, 9.17) is 4.74 Å². The van der Waals surface area contributed by atoms with Gasteiger partial charge in [0.15, 0.2) is 0 Å². The molecule has 0 saturated heterocycles. The highest BCUT2D eigenvalue weighted by atomic mass is 79.9. The first-order valence-electron chi connectivity index (χ1n) is 6.51. The number of halogens is 1. The second-order valence-electron chi connectivity index (χ2n) is 4.50. The molecule has 0 aromatic heterocycles. The zero-order chi connectivity index (χ0) is 15.1. The first kappa shape index (κ1) is 15.4. The van der Waals surface area contributed by atoms with Gasteiger partial charge in [-0.2, -0.15) is 0 Å². The minimum atomic E-state index is -0.476. The Bertz CT molecular complexity index is 572. The molecule has 21 heavy (non-hydrogen) atoms. The van der Waals surface area contributed by atoms with Gasteiger partial charge in [-0.15, -0.1) is 0 Å². The topological polar surface area (TPSA) is 58.6 Å². The molecular weight excluding hydrogens is 334 g/mol. The highest BCUT2D eigenvalue weighted by molar-refractivity contribution is 9.09. The van der Waals surface area contributed by atoms with Crippen molar-refractivity contribution < 1.29 is 14.6 Å². The van der Waals surface area contributed by atoms with E-state index in [-0.39, 0.29) is 18.4 Å². The van der Waals surface area contributed by atoms with Crippen molar-refractivity contribution >= 4 is 22.0 Å². The van der Waals surface area contributed by atoms with E-state index in [1.165, 1.54) is 0 Å². The van der Waals surface area contributed by atoms with Gasteiger partial charge in [-0.05, 0) is 23.3 Å². The molecular formula is C16H16BrNO3. The van der Waals surface area contributed by atoms with Gasteiger partial charge in [0.25, 0.3) is 0 Å². The quantitative estimate of drug-likeness (QED) is 0.808. The molecule has 2 aromatic rings. The highest BCUT2D eigenvalue weighted by Crippen LogP contribution is 2.18. The Kier molecular flexibility index (Phi) is 5.63. The van der Waals surface area contributed by atoms with Crippen molar-refractivity contribution in [2.45, 2.75) is 12.6 Å². The Morgan fingerprint density at radius 1 is 1.14 bits per heavy atom. The van der Waals surface area contributed by atoms with E-state index in [9.17, 15) is 9.90 Å². The van der Waals surface area contributed by atoms with Crippen LogP contribution in [0.25, 0.3) is 0 Å². The average molecular weight is 350 g/mol. The highest BCUT2D eigenvalue weighted by Gasteiger charge is 2.14. The van der Waals surface area contributed by atoms with Gasteiger partial charge in [0.1, 0.15) is 12.4 Å². The second kappa shape index (κ2) is 7.69. The summed E-state index contributed by atoms with van der Waals surface area (Å²) in [4.78, 5) is 11.8. The number of phenolic OH excluding ortho intramolecular Hbond substituents is 1. The molecule has 1 atom stereocenters. The summed E-state index contributed by atoms with van der Waals surface area (Å²) >= 11 is 3.36. The molecule has 0 saturated carbocycles. The van der Waals surface area contributed by atoms with Crippen molar-refractivity contribution in [3.63, 3.8) is 0 Å². The molecule has 0 aliphatic rings. The molecule has 2 aromatic carbocycles. The number of phenols is 1. The number of rotatable bonds is 5. The minimum absolute atomic E-state index is 0.193. The van der Waals surface area contributed by atoms with E-state index >= 15 is 0 Å². The molecule has 2 rings (SSSR count). The summed E-state index contributed by atoms with van der Waals surface area (Å²) in [5.41, 5.74) is 1.83. The lowest BCUT2D eigenvalue weighted by Crippen LogP contribution is -2.30. The molecule has 0 aliphatic carbocycles. The lowest BCUT2D eigenvalue weighted by Gasteiger charge is -2.16. The molecule has 5 heteroatoms. The first-order chi connectivity index (χ1) is 10.2. The minimum Gasteiger partial charge on any atom is -0.508 e. The van der Waals surface area contributed by atoms with Crippen LogP contribution in [-0.4, -0.2) is 16.5 Å². The summed E-state index contributed by atoms with van der Waals surface area (Å²) in [6, 6.07) is 16.0. The van der Waals surface area contributed by atoms with E-state index in [2.05, 4.69) is 21.2 Å². The number of carbonyl (C=O) groups is 1. The van der Waals surface area contributed by atoms with Gasteiger partial charge in [-0.25, -0.2) is 4.79 Å². The third-order valence-electron chi connectivity index (χ3n) is 2.95. The van der Waals surface area contributed by atoms with Crippen LogP contribution in [0.4, 0.5) is 4.79 Å². The fourth-order valence-electron chi connectivity index (χ4n) is 1.82. The Labute approximate surface area is 131 Å². The molecule has 0 spiro atoms. The maximum Gasteiger partial charge on any atom is 0.407 e. The van der Waals surface area contributed by atoms with Crippen molar-refractivity contribution in [1.29, 1.82) is 0 Å². The van der Waals surface area contributed by atoms with E-state index in [1.54, 1.807) is 24.3 Å². The van der Waals surface area contributed by atoms with Crippen molar-refractivity contribution in [2.24, 2.45) is 0 Å². The van der Waals surface area contributed by atoms with Crippen molar-refractivity contribution in [1.82, 2.24) is 5.32 Å². The molecule has 0 aliphatic heterocycles. The van der Waals surface area contributed by atoms with Crippen molar-refractivity contribution in [3.05, 3.63) is 65.7 Å². The molecule has 110 valence electrons. The Balaban J connectivity index is 1.89. The van der Waals surface area contributed by atoms with Crippen LogP contribution in [-0.2, 0) is 11.3 Å². The number of alkyl halides is 1. The van der Waals surface area contributed by atoms with Crippen LogP contribution in [0, 0.1) is 0 Å². The predicted octanol–water partition coefficient (Wildman–Crippen LogP) is 3.75. The normalized spacial score (nSPS) is 11.7. The first-order valence-corrected chi connectivity index (χ1v) is 7.63. The summed E-state index contributed by atoms with van der Waals surface area (Å²) in [7, 11) is 0. The van der Waals surface area contributed by atoms with Gasteiger partial charge in [-0.3, -0.25) is 0 Å². The molecule has 1 amide bonds. The molecule has 1 unspecified atom stereocenters. The van der Waals surface area contributed by atoms with Crippen LogP contribution >= 0.6 is 15.9 Å². The van der Waals surface area contributed by atoms with Gasteiger partial charge < -0.3 is 15.2 Å². The number of aromatic hydroxyl groups is 1. The summed E-state index contributed by atoms with van der Waals surface area (Å²) in [5, 5.41) is 12.6. The molecule has 0 bridgehead atoms. The smallest absolute Gasteiger partial charge is 0.407 e. The van der Waals surface area contributed by atoms with Crippen LogP contribution < -0.4 is 5.32 Å². The SMILES string of the molecule is O=C(NC(CBr)c1ccc(O)cc1)OCc1ccccc1. The van der Waals surface area contributed by atoms with E-state index in [1.807, 2.05) is 30.3 Å². The maximum absolute atomic E-state index is 11.8.